The largest absolute Gasteiger partial charge is 0.347 e. The van der Waals surface area contributed by atoms with Crippen molar-refractivity contribution in [2.24, 2.45) is 7.05 Å². The van der Waals surface area contributed by atoms with Gasteiger partial charge in [0.05, 0.1) is 6.04 Å². The van der Waals surface area contributed by atoms with Gasteiger partial charge in [-0.1, -0.05) is 12.2 Å². The highest BCUT2D eigenvalue weighted by atomic mass is 16.2. The van der Waals surface area contributed by atoms with Crippen molar-refractivity contribution < 1.29 is 0 Å². The minimum absolute atomic E-state index is 0.0187. The summed E-state index contributed by atoms with van der Waals surface area (Å²) in [7, 11) is 1.48. The monoisotopic (exact) mass is 195 g/mol. The Hall–Kier alpha value is -1.52. The number of hydrogen-bond donors (Lipinski definition) is 1. The van der Waals surface area contributed by atoms with Gasteiger partial charge in [-0.05, 0) is 19.3 Å². The summed E-state index contributed by atoms with van der Waals surface area (Å²) in [6.45, 7) is 0. The molecule has 0 radical (unpaired) electrons. The molecule has 0 spiro atoms. The van der Waals surface area contributed by atoms with E-state index in [4.69, 9.17) is 0 Å². The van der Waals surface area contributed by atoms with Crippen LogP contribution in [0.3, 0.4) is 0 Å². The summed E-state index contributed by atoms with van der Waals surface area (Å²) < 4.78 is 2.49. The normalized spacial score (nSPS) is 21.4. The molecular weight excluding hydrogens is 182 g/mol. The molecule has 0 saturated carbocycles. The first-order valence-corrected chi connectivity index (χ1v) is 4.74. The summed E-state index contributed by atoms with van der Waals surface area (Å²) in [6, 6.07) is 0.0187. The van der Waals surface area contributed by atoms with Gasteiger partial charge in [-0.2, -0.15) is 0 Å². The molecule has 0 amide bonds. The van der Waals surface area contributed by atoms with Gasteiger partial charge in [0.1, 0.15) is 0 Å². The molecule has 2 rings (SSSR count). The van der Waals surface area contributed by atoms with Gasteiger partial charge in [-0.15, -0.1) is 0 Å². The van der Waals surface area contributed by atoms with Crippen LogP contribution >= 0.6 is 0 Å². The summed E-state index contributed by atoms with van der Waals surface area (Å²) in [4.78, 5) is 22.7. The molecule has 76 valence electrons. The van der Waals surface area contributed by atoms with Gasteiger partial charge in [0.2, 0.25) is 0 Å². The summed E-state index contributed by atoms with van der Waals surface area (Å²) in [5, 5.41) is 2.54. The molecule has 1 aromatic rings. The lowest BCUT2D eigenvalue weighted by atomic mass is 10.0. The second-order valence-electron chi connectivity index (χ2n) is 3.55. The van der Waals surface area contributed by atoms with Gasteiger partial charge in [-0.3, -0.25) is 0 Å². The van der Waals surface area contributed by atoms with Crippen molar-refractivity contribution >= 4 is 0 Å². The minimum atomic E-state index is -0.353. The highest BCUT2D eigenvalue weighted by molar-refractivity contribution is 4.96. The van der Waals surface area contributed by atoms with Gasteiger partial charge >= 0.3 is 11.4 Å². The fourth-order valence-corrected chi connectivity index (χ4v) is 1.71. The Morgan fingerprint density at radius 2 is 2.29 bits per heavy atom. The van der Waals surface area contributed by atoms with Crippen LogP contribution in [0.5, 0.6) is 0 Å². The van der Waals surface area contributed by atoms with Gasteiger partial charge in [0.15, 0.2) is 0 Å². The van der Waals surface area contributed by atoms with Crippen LogP contribution in [0.15, 0.2) is 21.7 Å². The molecule has 1 N–H and O–H groups in total. The summed E-state index contributed by atoms with van der Waals surface area (Å²) in [5.41, 5.74) is -0.625. The third kappa shape index (κ3) is 1.34. The molecule has 1 aliphatic carbocycles. The van der Waals surface area contributed by atoms with Crippen LogP contribution in [0.1, 0.15) is 25.3 Å². The average Bonchev–Trinajstić information content (AvgIpc) is 2.47. The number of aromatic nitrogens is 3. The van der Waals surface area contributed by atoms with Crippen molar-refractivity contribution in [3.05, 3.63) is 33.1 Å². The van der Waals surface area contributed by atoms with E-state index in [-0.39, 0.29) is 17.4 Å². The van der Waals surface area contributed by atoms with Crippen LogP contribution in [0, 0.1) is 0 Å². The first-order valence-electron chi connectivity index (χ1n) is 4.74. The predicted octanol–water partition coefficient (Wildman–Crippen LogP) is 0.156. The summed E-state index contributed by atoms with van der Waals surface area (Å²) >= 11 is 0. The molecular formula is C9H13N3O2. The Labute approximate surface area is 80.7 Å². The molecule has 0 saturated heterocycles. The number of H-pyrrole nitrogens is 1. The van der Waals surface area contributed by atoms with Crippen LogP contribution in [0.4, 0.5) is 0 Å². The zero-order chi connectivity index (χ0) is 10.1. The van der Waals surface area contributed by atoms with Crippen LogP contribution in [-0.2, 0) is 7.05 Å². The zero-order valence-electron chi connectivity index (χ0n) is 8.06. The third-order valence-electron chi connectivity index (χ3n) is 2.57. The molecule has 1 aliphatic rings. The smallest absolute Gasteiger partial charge is 0.246 e. The predicted molar refractivity (Wildman–Crippen MR) is 52.3 cm³/mol. The maximum Gasteiger partial charge on any atom is 0.347 e. The summed E-state index contributed by atoms with van der Waals surface area (Å²) in [6.07, 6.45) is 7.05. The van der Waals surface area contributed by atoms with Crippen LogP contribution < -0.4 is 11.4 Å². The number of aromatic amines is 1. The number of nitrogens with zero attached hydrogens (tertiary/aromatic N) is 2. The third-order valence-corrected chi connectivity index (χ3v) is 2.57. The van der Waals surface area contributed by atoms with E-state index in [2.05, 4.69) is 5.10 Å². The molecule has 1 unspecified atom stereocenters. The first kappa shape index (κ1) is 9.05. The lowest BCUT2D eigenvalue weighted by molar-refractivity contribution is 0.457. The maximum absolute atomic E-state index is 11.5. The second-order valence-corrected chi connectivity index (χ2v) is 3.55. The molecule has 5 heteroatoms. The molecule has 0 bridgehead atoms. The van der Waals surface area contributed by atoms with Crippen molar-refractivity contribution in [1.29, 1.82) is 0 Å². The highest BCUT2D eigenvalue weighted by Crippen LogP contribution is 2.18. The van der Waals surface area contributed by atoms with E-state index in [1.807, 2.05) is 12.2 Å². The second kappa shape index (κ2) is 3.32. The highest BCUT2D eigenvalue weighted by Gasteiger charge is 2.15. The first-order chi connectivity index (χ1) is 6.70. The topological polar surface area (TPSA) is 59.8 Å². The van der Waals surface area contributed by atoms with Crippen LogP contribution in [0.2, 0.25) is 0 Å². The van der Waals surface area contributed by atoms with Crippen molar-refractivity contribution in [1.82, 2.24) is 14.3 Å². The van der Waals surface area contributed by atoms with Crippen LogP contribution in [0.25, 0.3) is 0 Å². The van der Waals surface area contributed by atoms with E-state index in [1.54, 1.807) is 0 Å². The van der Waals surface area contributed by atoms with Gasteiger partial charge in [-0.25, -0.2) is 23.9 Å². The Bertz CT molecular complexity index is 463. The zero-order valence-corrected chi connectivity index (χ0v) is 8.06. The fraction of sp³-hybridized carbons (Fsp3) is 0.556. The standard InChI is InChI=1S/C9H13N3O2/c1-11-8(13)10-12(9(11)14)7-5-3-2-4-6-7/h3,5,7H,2,4,6H2,1H3,(H,10,13). The van der Waals surface area contributed by atoms with E-state index in [0.29, 0.717) is 0 Å². The average molecular weight is 195 g/mol. The van der Waals surface area contributed by atoms with Crippen LogP contribution in [-0.4, -0.2) is 14.3 Å². The number of allylic oxidation sites excluding steroid dienone is 2. The van der Waals surface area contributed by atoms with Crippen molar-refractivity contribution in [2.75, 3.05) is 0 Å². The molecule has 0 aliphatic heterocycles. The Morgan fingerprint density at radius 3 is 2.79 bits per heavy atom. The van der Waals surface area contributed by atoms with Crippen molar-refractivity contribution in [3.8, 4) is 0 Å². The number of rotatable bonds is 1. The SMILES string of the molecule is Cn1c(=O)[nH]n(C2C=CCCC2)c1=O. The molecule has 1 heterocycles. The molecule has 0 fully saturated rings. The number of nitrogens with one attached hydrogen (secondary N) is 1. The van der Waals surface area contributed by atoms with E-state index < -0.39 is 0 Å². The van der Waals surface area contributed by atoms with Gasteiger partial charge in [0, 0.05) is 7.05 Å². The Morgan fingerprint density at radius 1 is 1.50 bits per heavy atom. The number of hydrogen-bond acceptors (Lipinski definition) is 2. The summed E-state index contributed by atoms with van der Waals surface area (Å²) in [5.74, 6) is 0. The minimum Gasteiger partial charge on any atom is -0.246 e. The molecule has 14 heavy (non-hydrogen) atoms. The molecule has 5 nitrogen and oxygen atoms in total. The lowest BCUT2D eigenvalue weighted by Crippen LogP contribution is -2.28. The van der Waals surface area contributed by atoms with E-state index in [1.165, 1.54) is 11.7 Å². The molecule has 1 aromatic heterocycles. The quantitative estimate of drug-likeness (QED) is 0.649. The van der Waals surface area contributed by atoms with Crippen molar-refractivity contribution in [2.45, 2.75) is 25.3 Å². The lowest BCUT2D eigenvalue weighted by Gasteiger charge is -2.15. The van der Waals surface area contributed by atoms with Crippen molar-refractivity contribution in [3.63, 3.8) is 0 Å². The molecule has 1 atom stereocenters. The fourth-order valence-electron chi connectivity index (χ4n) is 1.71. The van der Waals surface area contributed by atoms with Gasteiger partial charge in [0.25, 0.3) is 0 Å². The Balaban J connectivity index is 2.46. The van der Waals surface area contributed by atoms with Gasteiger partial charge < -0.3 is 0 Å². The Kier molecular flexibility index (Phi) is 2.15. The van der Waals surface area contributed by atoms with E-state index in [9.17, 15) is 9.59 Å². The molecule has 0 aromatic carbocycles. The maximum atomic E-state index is 11.5. The van der Waals surface area contributed by atoms with E-state index >= 15 is 0 Å². The van der Waals surface area contributed by atoms with E-state index in [0.717, 1.165) is 23.8 Å².